The topological polar surface area (TPSA) is 69.6 Å². The lowest BCUT2D eigenvalue weighted by Gasteiger charge is -2.34. The standard InChI is InChI=1S/C16H20N4O2S/c1-12(21)15(22)19-7-9-20(10-8-19)16-18-17-14(23-16)11-13-5-3-2-4-6-13/h2-6,12,21H,7-11H2,1H3. The third-order valence-electron chi connectivity index (χ3n) is 3.87. The average molecular weight is 332 g/mol. The summed E-state index contributed by atoms with van der Waals surface area (Å²) in [6, 6.07) is 10.2. The number of hydrogen-bond acceptors (Lipinski definition) is 6. The van der Waals surface area contributed by atoms with Gasteiger partial charge >= 0.3 is 0 Å². The van der Waals surface area contributed by atoms with Crippen molar-refractivity contribution in [1.82, 2.24) is 15.1 Å². The Morgan fingerprint density at radius 3 is 2.57 bits per heavy atom. The van der Waals surface area contributed by atoms with Crippen molar-refractivity contribution >= 4 is 22.4 Å². The molecule has 23 heavy (non-hydrogen) atoms. The van der Waals surface area contributed by atoms with Crippen LogP contribution in [0, 0.1) is 0 Å². The third-order valence-corrected chi connectivity index (χ3v) is 4.86. The predicted molar refractivity (Wildman–Crippen MR) is 89.6 cm³/mol. The second-order valence-electron chi connectivity index (χ2n) is 5.63. The Morgan fingerprint density at radius 2 is 1.91 bits per heavy atom. The Morgan fingerprint density at radius 1 is 1.22 bits per heavy atom. The Hall–Kier alpha value is -1.99. The molecule has 1 amide bonds. The molecule has 1 saturated heterocycles. The summed E-state index contributed by atoms with van der Waals surface area (Å²) in [4.78, 5) is 15.6. The molecule has 1 aromatic heterocycles. The van der Waals surface area contributed by atoms with Crippen LogP contribution in [-0.2, 0) is 11.2 Å². The molecule has 1 atom stereocenters. The molecule has 1 fully saturated rings. The highest BCUT2D eigenvalue weighted by atomic mass is 32.1. The number of anilines is 1. The number of nitrogens with zero attached hydrogens (tertiary/aromatic N) is 4. The smallest absolute Gasteiger partial charge is 0.251 e. The van der Waals surface area contributed by atoms with Crippen molar-refractivity contribution in [3.05, 3.63) is 40.9 Å². The normalized spacial score (nSPS) is 16.4. The molecular formula is C16H20N4O2S. The van der Waals surface area contributed by atoms with Crippen molar-refractivity contribution < 1.29 is 9.90 Å². The molecular weight excluding hydrogens is 312 g/mol. The van der Waals surface area contributed by atoms with Crippen LogP contribution in [0.4, 0.5) is 5.13 Å². The highest BCUT2D eigenvalue weighted by Crippen LogP contribution is 2.23. The molecule has 1 N–H and O–H groups in total. The van der Waals surface area contributed by atoms with E-state index in [1.807, 2.05) is 18.2 Å². The lowest BCUT2D eigenvalue weighted by atomic mass is 10.2. The fourth-order valence-corrected chi connectivity index (χ4v) is 3.52. The predicted octanol–water partition coefficient (Wildman–Crippen LogP) is 1.16. The summed E-state index contributed by atoms with van der Waals surface area (Å²) in [5.41, 5.74) is 1.22. The zero-order chi connectivity index (χ0) is 16.2. The molecule has 0 spiro atoms. The monoisotopic (exact) mass is 332 g/mol. The summed E-state index contributed by atoms with van der Waals surface area (Å²) >= 11 is 1.60. The molecule has 1 aromatic carbocycles. The Bertz CT molecular complexity index is 651. The van der Waals surface area contributed by atoms with Crippen LogP contribution in [0.25, 0.3) is 0 Å². The minimum absolute atomic E-state index is 0.202. The molecule has 1 aliphatic heterocycles. The molecule has 2 heterocycles. The Kier molecular flexibility index (Phi) is 4.88. The van der Waals surface area contributed by atoms with Crippen LogP contribution >= 0.6 is 11.3 Å². The van der Waals surface area contributed by atoms with Gasteiger partial charge < -0.3 is 14.9 Å². The minimum atomic E-state index is -0.930. The van der Waals surface area contributed by atoms with E-state index in [1.54, 1.807) is 16.2 Å². The molecule has 0 radical (unpaired) electrons. The van der Waals surface area contributed by atoms with E-state index in [1.165, 1.54) is 12.5 Å². The van der Waals surface area contributed by atoms with Gasteiger partial charge in [-0.3, -0.25) is 4.79 Å². The number of amides is 1. The first-order valence-corrected chi connectivity index (χ1v) is 8.53. The Labute approximate surface area is 139 Å². The minimum Gasteiger partial charge on any atom is -0.384 e. The van der Waals surface area contributed by atoms with Gasteiger partial charge in [0, 0.05) is 32.6 Å². The van der Waals surface area contributed by atoms with Crippen LogP contribution < -0.4 is 4.90 Å². The van der Waals surface area contributed by atoms with E-state index in [4.69, 9.17) is 0 Å². The number of aliphatic hydroxyl groups excluding tert-OH is 1. The number of aliphatic hydroxyl groups is 1. The number of carbonyl (C=O) groups excluding carboxylic acids is 1. The van der Waals surface area contributed by atoms with E-state index in [2.05, 4.69) is 27.2 Å². The SMILES string of the molecule is CC(O)C(=O)N1CCN(c2nnc(Cc3ccccc3)s2)CC1. The third kappa shape index (κ3) is 3.86. The number of piperazine rings is 1. The molecule has 7 heteroatoms. The van der Waals surface area contributed by atoms with Crippen LogP contribution in [0.5, 0.6) is 0 Å². The summed E-state index contributed by atoms with van der Waals surface area (Å²) in [6.07, 6.45) is -0.139. The maximum atomic E-state index is 11.8. The van der Waals surface area contributed by atoms with Crippen molar-refractivity contribution in [3.63, 3.8) is 0 Å². The second kappa shape index (κ2) is 7.06. The largest absolute Gasteiger partial charge is 0.384 e. The molecule has 0 saturated carbocycles. The van der Waals surface area contributed by atoms with Gasteiger partial charge in [0.2, 0.25) is 5.13 Å². The van der Waals surface area contributed by atoms with E-state index >= 15 is 0 Å². The summed E-state index contributed by atoms with van der Waals surface area (Å²) in [5, 5.41) is 19.8. The van der Waals surface area contributed by atoms with Crippen LogP contribution in [-0.4, -0.2) is 58.4 Å². The van der Waals surface area contributed by atoms with Gasteiger partial charge in [-0.2, -0.15) is 0 Å². The van der Waals surface area contributed by atoms with E-state index in [-0.39, 0.29) is 5.91 Å². The molecule has 122 valence electrons. The van der Waals surface area contributed by atoms with Crippen molar-refractivity contribution in [1.29, 1.82) is 0 Å². The van der Waals surface area contributed by atoms with Gasteiger partial charge in [0.25, 0.3) is 5.91 Å². The van der Waals surface area contributed by atoms with Gasteiger partial charge in [0.05, 0.1) is 0 Å². The molecule has 1 aliphatic rings. The number of aromatic nitrogens is 2. The quantitative estimate of drug-likeness (QED) is 0.910. The molecule has 0 bridgehead atoms. The average Bonchev–Trinajstić information content (AvgIpc) is 3.03. The van der Waals surface area contributed by atoms with Gasteiger partial charge in [-0.25, -0.2) is 0 Å². The zero-order valence-corrected chi connectivity index (χ0v) is 13.9. The molecule has 3 rings (SSSR count). The van der Waals surface area contributed by atoms with Gasteiger partial charge in [-0.05, 0) is 12.5 Å². The van der Waals surface area contributed by atoms with Crippen LogP contribution in [0.1, 0.15) is 17.5 Å². The number of hydrogen-bond donors (Lipinski definition) is 1. The first kappa shape index (κ1) is 15.9. The molecule has 2 aromatic rings. The number of benzene rings is 1. The fraction of sp³-hybridized carbons (Fsp3) is 0.438. The van der Waals surface area contributed by atoms with Crippen LogP contribution in [0.15, 0.2) is 30.3 Å². The zero-order valence-electron chi connectivity index (χ0n) is 13.1. The first-order chi connectivity index (χ1) is 11.1. The van der Waals surface area contributed by atoms with Gasteiger partial charge in [-0.15, -0.1) is 10.2 Å². The van der Waals surface area contributed by atoms with Crippen LogP contribution in [0.3, 0.4) is 0 Å². The van der Waals surface area contributed by atoms with E-state index < -0.39 is 6.10 Å². The summed E-state index contributed by atoms with van der Waals surface area (Å²) < 4.78 is 0. The summed E-state index contributed by atoms with van der Waals surface area (Å²) in [5.74, 6) is -0.202. The summed E-state index contributed by atoms with van der Waals surface area (Å²) in [7, 11) is 0. The van der Waals surface area contributed by atoms with Crippen molar-refractivity contribution in [2.45, 2.75) is 19.4 Å². The van der Waals surface area contributed by atoms with Crippen molar-refractivity contribution in [2.75, 3.05) is 31.1 Å². The maximum Gasteiger partial charge on any atom is 0.251 e. The van der Waals surface area contributed by atoms with Crippen LogP contribution in [0.2, 0.25) is 0 Å². The number of rotatable bonds is 4. The number of carbonyl (C=O) groups is 1. The van der Waals surface area contributed by atoms with E-state index in [0.717, 1.165) is 29.6 Å². The maximum absolute atomic E-state index is 11.8. The lowest BCUT2D eigenvalue weighted by molar-refractivity contribution is -0.139. The van der Waals surface area contributed by atoms with Gasteiger partial charge in [0.1, 0.15) is 11.1 Å². The summed E-state index contributed by atoms with van der Waals surface area (Å²) in [6.45, 7) is 4.17. The highest BCUT2D eigenvalue weighted by molar-refractivity contribution is 7.15. The second-order valence-corrected chi connectivity index (χ2v) is 6.67. The highest BCUT2D eigenvalue weighted by Gasteiger charge is 2.25. The van der Waals surface area contributed by atoms with E-state index in [0.29, 0.717) is 13.1 Å². The Balaban J connectivity index is 1.58. The molecule has 0 aliphatic carbocycles. The van der Waals surface area contributed by atoms with Gasteiger partial charge in [0.15, 0.2) is 0 Å². The first-order valence-electron chi connectivity index (χ1n) is 7.71. The van der Waals surface area contributed by atoms with E-state index in [9.17, 15) is 9.90 Å². The lowest BCUT2D eigenvalue weighted by Crippen LogP contribution is -2.51. The van der Waals surface area contributed by atoms with Crippen molar-refractivity contribution in [2.24, 2.45) is 0 Å². The molecule has 6 nitrogen and oxygen atoms in total. The molecule has 1 unspecified atom stereocenters. The van der Waals surface area contributed by atoms with Gasteiger partial charge in [-0.1, -0.05) is 41.7 Å². The fourth-order valence-electron chi connectivity index (χ4n) is 2.60. The van der Waals surface area contributed by atoms with Crippen molar-refractivity contribution in [3.8, 4) is 0 Å².